The van der Waals surface area contributed by atoms with Crippen LogP contribution in [0.25, 0.3) is 0 Å². The molecule has 1 aromatic heterocycles. The molecular formula is C29H27NO8. The molecule has 9 heteroatoms. The largest absolute Gasteiger partial charge is 0.458 e. The highest BCUT2D eigenvalue weighted by atomic mass is 16.6. The highest BCUT2D eigenvalue weighted by molar-refractivity contribution is 5.90. The van der Waals surface area contributed by atoms with Gasteiger partial charge in [-0.25, -0.2) is 9.59 Å². The number of carbonyl (C=O) groups excluding carboxylic acids is 3. The van der Waals surface area contributed by atoms with Crippen LogP contribution in [-0.4, -0.2) is 64.5 Å². The van der Waals surface area contributed by atoms with Gasteiger partial charge in [-0.3, -0.25) is 4.79 Å². The van der Waals surface area contributed by atoms with Crippen molar-refractivity contribution in [1.82, 2.24) is 4.57 Å². The summed E-state index contributed by atoms with van der Waals surface area (Å²) in [6.45, 7) is -0.530. The van der Waals surface area contributed by atoms with Crippen LogP contribution in [-0.2, 0) is 14.2 Å². The lowest BCUT2D eigenvalue weighted by molar-refractivity contribution is -0.0445. The van der Waals surface area contributed by atoms with Gasteiger partial charge in [0.2, 0.25) is 0 Å². The van der Waals surface area contributed by atoms with E-state index >= 15 is 0 Å². The molecule has 2 N–H and O–H groups in total. The average Bonchev–Trinajstić information content (AvgIpc) is 3.54. The number of hydrogen-bond donors (Lipinski definition) is 2. The first-order chi connectivity index (χ1) is 18.5. The van der Waals surface area contributed by atoms with Crippen molar-refractivity contribution >= 4 is 18.2 Å². The molecular weight excluding hydrogens is 490 g/mol. The van der Waals surface area contributed by atoms with E-state index in [1.807, 2.05) is 0 Å². The summed E-state index contributed by atoms with van der Waals surface area (Å²) < 4.78 is 18.1. The zero-order valence-electron chi connectivity index (χ0n) is 20.4. The highest BCUT2D eigenvalue weighted by Crippen LogP contribution is 2.30. The number of ether oxygens (including phenoxy) is 3. The van der Waals surface area contributed by atoms with Gasteiger partial charge in [0.05, 0.1) is 29.5 Å². The van der Waals surface area contributed by atoms with E-state index in [4.69, 9.17) is 14.2 Å². The fourth-order valence-corrected chi connectivity index (χ4v) is 3.98. The maximum absolute atomic E-state index is 12.6. The first-order valence-corrected chi connectivity index (χ1v) is 12.1. The van der Waals surface area contributed by atoms with E-state index in [-0.39, 0.29) is 26.1 Å². The maximum Gasteiger partial charge on any atom is 0.338 e. The minimum Gasteiger partial charge on any atom is -0.458 e. The number of esters is 2. The SMILES string of the molecule is O=Cc1cc(C#CC[C@@H](COC(=O)c2ccccc2)OC(=O)c2ccccc2)cn1[C@H]1CC(O)[C@@H](CO)O1. The third kappa shape index (κ3) is 6.75. The molecule has 0 aliphatic carbocycles. The molecule has 9 nitrogen and oxygen atoms in total. The van der Waals surface area contributed by atoms with Gasteiger partial charge >= 0.3 is 11.9 Å². The summed E-state index contributed by atoms with van der Waals surface area (Å²) in [6, 6.07) is 18.5. The lowest BCUT2D eigenvalue weighted by Crippen LogP contribution is -2.25. The number of aromatic nitrogens is 1. The molecule has 2 heterocycles. The molecule has 196 valence electrons. The van der Waals surface area contributed by atoms with Crippen LogP contribution in [0.3, 0.4) is 0 Å². The van der Waals surface area contributed by atoms with Gasteiger partial charge in [0.25, 0.3) is 0 Å². The molecule has 0 radical (unpaired) electrons. The molecule has 1 aliphatic heterocycles. The van der Waals surface area contributed by atoms with Crippen LogP contribution in [0.5, 0.6) is 0 Å². The van der Waals surface area contributed by atoms with Crippen molar-refractivity contribution in [2.24, 2.45) is 0 Å². The first-order valence-electron chi connectivity index (χ1n) is 12.1. The Morgan fingerprint density at radius 3 is 2.34 bits per heavy atom. The van der Waals surface area contributed by atoms with E-state index in [1.54, 1.807) is 77.5 Å². The normalized spacial score (nSPS) is 19.2. The van der Waals surface area contributed by atoms with E-state index in [0.29, 0.717) is 28.7 Å². The minimum atomic E-state index is -0.847. The average molecular weight is 518 g/mol. The Morgan fingerprint density at radius 1 is 1.08 bits per heavy atom. The topological polar surface area (TPSA) is 124 Å². The molecule has 0 saturated carbocycles. The van der Waals surface area contributed by atoms with Gasteiger partial charge in [-0.2, -0.15) is 0 Å². The zero-order valence-corrected chi connectivity index (χ0v) is 20.4. The predicted octanol–water partition coefficient (Wildman–Crippen LogP) is 2.77. The Bertz CT molecular complexity index is 1310. The van der Waals surface area contributed by atoms with Gasteiger partial charge in [-0.1, -0.05) is 48.2 Å². The number of aliphatic hydroxyl groups excluding tert-OH is 2. The van der Waals surface area contributed by atoms with Gasteiger partial charge in [0, 0.05) is 24.6 Å². The Hall–Kier alpha value is -4.23. The Balaban J connectivity index is 1.46. The van der Waals surface area contributed by atoms with Gasteiger partial charge in [-0.05, 0) is 30.3 Å². The maximum atomic E-state index is 12.6. The number of nitrogens with zero attached hydrogens (tertiary/aromatic N) is 1. The number of carbonyl (C=O) groups is 3. The molecule has 2 aromatic carbocycles. The molecule has 1 saturated heterocycles. The summed E-state index contributed by atoms with van der Waals surface area (Å²) in [6.07, 6.45) is -0.473. The molecule has 3 aromatic rings. The molecule has 38 heavy (non-hydrogen) atoms. The summed E-state index contributed by atoms with van der Waals surface area (Å²) in [5.74, 6) is 4.74. The summed E-state index contributed by atoms with van der Waals surface area (Å²) in [5, 5.41) is 19.3. The smallest absolute Gasteiger partial charge is 0.338 e. The number of aliphatic hydroxyl groups is 2. The number of benzene rings is 2. The third-order valence-corrected chi connectivity index (χ3v) is 5.95. The Kier molecular flexibility index (Phi) is 9.06. The van der Waals surface area contributed by atoms with Crippen molar-refractivity contribution in [3.63, 3.8) is 0 Å². The first kappa shape index (κ1) is 26.8. The van der Waals surface area contributed by atoms with Crippen molar-refractivity contribution in [3.05, 3.63) is 95.3 Å². The predicted molar refractivity (Wildman–Crippen MR) is 135 cm³/mol. The lowest BCUT2D eigenvalue weighted by Gasteiger charge is -2.16. The summed E-state index contributed by atoms with van der Waals surface area (Å²) in [5.41, 5.74) is 1.53. The van der Waals surface area contributed by atoms with Crippen LogP contribution in [0.4, 0.5) is 0 Å². The summed E-state index contributed by atoms with van der Waals surface area (Å²) >= 11 is 0. The number of hydrogen-bond acceptors (Lipinski definition) is 8. The molecule has 0 amide bonds. The second-order valence-electron chi connectivity index (χ2n) is 8.66. The van der Waals surface area contributed by atoms with Crippen LogP contribution < -0.4 is 0 Å². The Morgan fingerprint density at radius 2 is 1.74 bits per heavy atom. The van der Waals surface area contributed by atoms with Crippen molar-refractivity contribution in [1.29, 1.82) is 0 Å². The van der Waals surface area contributed by atoms with E-state index in [9.17, 15) is 24.6 Å². The molecule has 0 bridgehead atoms. The van der Waals surface area contributed by atoms with E-state index in [0.717, 1.165) is 0 Å². The van der Waals surface area contributed by atoms with E-state index in [1.165, 1.54) is 0 Å². The van der Waals surface area contributed by atoms with Gasteiger partial charge < -0.3 is 29.0 Å². The molecule has 1 aliphatic rings. The molecule has 4 rings (SSSR count). The number of aldehydes is 1. The van der Waals surface area contributed by atoms with Gasteiger partial charge in [-0.15, -0.1) is 0 Å². The quantitative estimate of drug-likeness (QED) is 0.252. The van der Waals surface area contributed by atoms with Gasteiger partial charge in [0.15, 0.2) is 6.29 Å². The molecule has 0 spiro atoms. The highest BCUT2D eigenvalue weighted by Gasteiger charge is 2.35. The van der Waals surface area contributed by atoms with Crippen molar-refractivity contribution < 1.29 is 38.8 Å². The summed E-state index contributed by atoms with van der Waals surface area (Å²) in [4.78, 5) is 36.6. The second-order valence-corrected chi connectivity index (χ2v) is 8.66. The minimum absolute atomic E-state index is 0.0630. The van der Waals surface area contributed by atoms with Gasteiger partial charge in [0.1, 0.15) is 25.0 Å². The second kappa shape index (κ2) is 12.8. The van der Waals surface area contributed by atoms with Crippen molar-refractivity contribution in [2.75, 3.05) is 13.2 Å². The third-order valence-electron chi connectivity index (χ3n) is 5.95. The van der Waals surface area contributed by atoms with Crippen LogP contribution in [0.15, 0.2) is 72.9 Å². The van der Waals surface area contributed by atoms with E-state index < -0.39 is 36.5 Å². The van der Waals surface area contributed by atoms with Crippen LogP contribution in [0.1, 0.15) is 55.8 Å². The fraction of sp³-hybridized carbons (Fsp3) is 0.276. The fourth-order valence-electron chi connectivity index (χ4n) is 3.98. The molecule has 1 unspecified atom stereocenters. The standard InChI is InChI=1S/C29H27NO8/c31-17-23-14-20(16-30(23)27-15-25(33)26(18-32)38-27)8-7-13-24(37-29(35)22-11-5-2-6-12-22)19-36-28(34)21-9-3-1-4-10-21/h1-6,9-12,14,16-17,24-27,32-33H,13,15,18-19H2/t24-,25?,26+,27+/m0/s1. The molecule has 1 fully saturated rings. The van der Waals surface area contributed by atoms with Crippen molar-refractivity contribution in [3.8, 4) is 11.8 Å². The Labute approximate surface area is 219 Å². The lowest BCUT2D eigenvalue weighted by atomic mass is 10.2. The zero-order chi connectivity index (χ0) is 26.9. The monoisotopic (exact) mass is 517 g/mol. The van der Waals surface area contributed by atoms with Crippen LogP contribution in [0.2, 0.25) is 0 Å². The van der Waals surface area contributed by atoms with Crippen LogP contribution in [0, 0.1) is 11.8 Å². The number of rotatable bonds is 9. The van der Waals surface area contributed by atoms with Crippen LogP contribution >= 0.6 is 0 Å². The van der Waals surface area contributed by atoms with E-state index in [2.05, 4.69) is 11.8 Å². The van der Waals surface area contributed by atoms with Crippen molar-refractivity contribution in [2.45, 2.75) is 37.4 Å². The summed E-state index contributed by atoms with van der Waals surface area (Å²) in [7, 11) is 0. The molecule has 4 atom stereocenters.